The Morgan fingerprint density at radius 3 is 2.00 bits per heavy atom. The summed E-state index contributed by atoms with van der Waals surface area (Å²) in [5.74, 6) is -0.648. The summed E-state index contributed by atoms with van der Waals surface area (Å²) in [7, 11) is 0. The van der Waals surface area contributed by atoms with Crippen molar-refractivity contribution in [1.29, 1.82) is 0 Å². The van der Waals surface area contributed by atoms with Crippen molar-refractivity contribution in [1.82, 2.24) is 0 Å². The summed E-state index contributed by atoms with van der Waals surface area (Å²) in [4.78, 5) is 10.1. The Labute approximate surface area is 68.9 Å². The van der Waals surface area contributed by atoms with Crippen LogP contribution in [-0.2, 0) is 4.79 Å². The van der Waals surface area contributed by atoms with Crippen molar-refractivity contribution in [2.75, 3.05) is 0 Å². The third-order valence-electron chi connectivity index (χ3n) is 0.610. The molecule has 0 heterocycles. The van der Waals surface area contributed by atoms with Gasteiger partial charge in [0.1, 0.15) is 0 Å². The quantitative estimate of drug-likeness (QED) is 0.609. The van der Waals surface area contributed by atoms with E-state index in [2.05, 4.69) is 17.1 Å². The molecule has 1 N–H and O–H groups in total. The summed E-state index contributed by atoms with van der Waals surface area (Å²) >= 11 is -1.61. The van der Waals surface area contributed by atoms with Gasteiger partial charge in [-0.25, -0.2) is 0 Å². The zero-order chi connectivity index (χ0) is 6.78. The Kier molecular flexibility index (Phi) is 5.89. The second-order valence-corrected chi connectivity index (χ2v) is 13.1. The molecule has 0 aliphatic heterocycles. The zero-order valence-electron chi connectivity index (χ0n) is 5.89. The predicted molar refractivity (Wildman–Crippen MR) is 35.8 cm³/mol. The van der Waals surface area contributed by atoms with Gasteiger partial charge in [0.05, 0.1) is 0 Å². The summed E-state index contributed by atoms with van der Waals surface area (Å²) in [5.41, 5.74) is 6.23. The molecule has 0 aliphatic carbocycles. The van der Waals surface area contributed by atoms with Crippen molar-refractivity contribution in [3.05, 3.63) is 0 Å². The van der Waals surface area contributed by atoms with E-state index in [-0.39, 0.29) is 17.0 Å². The molecule has 0 radical (unpaired) electrons. The first-order chi connectivity index (χ1) is 3.42. The second kappa shape index (κ2) is 4.34. The number of halogens is 1. The minimum atomic E-state index is -1.61. The molecule has 9 heavy (non-hydrogen) atoms. The molecule has 0 bridgehead atoms. The van der Waals surface area contributed by atoms with Crippen molar-refractivity contribution in [3.63, 3.8) is 0 Å². The van der Waals surface area contributed by atoms with Crippen LogP contribution in [0.2, 0.25) is 22.3 Å². The van der Waals surface area contributed by atoms with Gasteiger partial charge in [0, 0.05) is 0 Å². The topological polar surface area (TPSA) is 37.3 Å². The Morgan fingerprint density at radius 1 is 1.67 bits per heavy atom. The molecule has 4 heteroatoms. The standard InChI is InChI=1S/C5H11AsO2.BrH/c1-6(2,3)4-5(7)8;/h4H2,1-3H3;1H/i1+2;. The van der Waals surface area contributed by atoms with Gasteiger partial charge in [-0.2, -0.15) is 0 Å². The van der Waals surface area contributed by atoms with Crippen LogP contribution in [0.1, 0.15) is 0 Å². The number of rotatable bonds is 2. The molecule has 0 rings (SSSR count). The van der Waals surface area contributed by atoms with Crippen LogP contribution in [0.3, 0.4) is 0 Å². The summed E-state index contributed by atoms with van der Waals surface area (Å²) in [6.07, 6.45) is 0. The molecular formula is C5H12AsBrO2. The van der Waals surface area contributed by atoms with E-state index in [0.29, 0.717) is 5.21 Å². The molecule has 0 aliphatic rings. The third kappa shape index (κ3) is 11.9. The Morgan fingerprint density at radius 2 is 2.00 bits per heavy atom. The number of hydrogen-bond donors (Lipinski definition) is 1. The van der Waals surface area contributed by atoms with Gasteiger partial charge in [-0.1, -0.05) is 0 Å². The van der Waals surface area contributed by atoms with Crippen LogP contribution in [0.15, 0.2) is 0 Å². The maximum absolute atomic E-state index is 10.1. The average molecular weight is 261 g/mol. The first-order valence-electron chi connectivity index (χ1n) is 2.44. The first kappa shape index (κ1) is 12.2. The van der Waals surface area contributed by atoms with Crippen LogP contribution in [0.25, 0.3) is 0 Å². The van der Waals surface area contributed by atoms with Gasteiger partial charge in [-0.05, 0) is 0 Å². The van der Waals surface area contributed by atoms with E-state index in [9.17, 15) is 4.79 Å². The summed E-state index contributed by atoms with van der Waals surface area (Å²) < 4.78 is 0. The zero-order valence-corrected chi connectivity index (χ0v) is 9.35. The van der Waals surface area contributed by atoms with E-state index < -0.39 is 19.5 Å². The largest absolute Gasteiger partial charge is 1.00 e. The maximum Gasteiger partial charge on any atom is -1.00 e. The molecule has 0 saturated carbocycles. The van der Waals surface area contributed by atoms with Crippen LogP contribution in [0.5, 0.6) is 0 Å². The van der Waals surface area contributed by atoms with Crippen molar-refractivity contribution in [2.24, 2.45) is 0 Å². The van der Waals surface area contributed by atoms with Gasteiger partial charge in [0.2, 0.25) is 0 Å². The van der Waals surface area contributed by atoms with E-state index in [1.807, 2.05) is 0 Å². The van der Waals surface area contributed by atoms with Crippen molar-refractivity contribution in [2.45, 2.75) is 22.3 Å². The van der Waals surface area contributed by atoms with E-state index in [1.165, 1.54) is 0 Å². The van der Waals surface area contributed by atoms with Gasteiger partial charge in [-0.15, -0.1) is 0 Å². The second-order valence-electron chi connectivity index (χ2n) is 2.84. The number of aliphatic carboxylic acids is 1. The van der Waals surface area contributed by atoms with Crippen LogP contribution in [-0.4, -0.2) is 24.6 Å². The molecular weight excluding hydrogens is 249 g/mol. The van der Waals surface area contributed by atoms with Gasteiger partial charge in [0.25, 0.3) is 0 Å². The molecule has 0 fully saturated rings. The normalized spacial score (nSPS) is 10.1. The molecule has 0 aromatic rings. The predicted octanol–water partition coefficient (Wildman–Crippen LogP) is -1.59. The minimum Gasteiger partial charge on any atom is -1.00 e. The van der Waals surface area contributed by atoms with Crippen molar-refractivity contribution >= 4 is 19.5 Å². The summed E-state index contributed by atoms with van der Waals surface area (Å²) in [6, 6.07) is 0. The Bertz CT molecular complexity index is 97.6. The average Bonchev–Trinajstić information content (AvgIpc) is 1.21. The number of carbonyl (C=O) groups is 1. The van der Waals surface area contributed by atoms with E-state index >= 15 is 0 Å². The maximum atomic E-state index is 10.1. The van der Waals surface area contributed by atoms with Crippen molar-refractivity contribution in [3.8, 4) is 0 Å². The third-order valence-corrected chi connectivity index (χ3v) is 3.17. The van der Waals surface area contributed by atoms with Gasteiger partial charge in [-0.3, -0.25) is 0 Å². The molecule has 2 nitrogen and oxygen atoms in total. The SMILES string of the molecule is C[As+](C)([14CH3])CC(=O)O.[Br-]. The molecule has 0 aromatic carbocycles. The summed E-state index contributed by atoms with van der Waals surface area (Å²) in [5, 5.41) is 8.71. The van der Waals surface area contributed by atoms with Gasteiger partial charge < -0.3 is 17.0 Å². The van der Waals surface area contributed by atoms with Crippen LogP contribution in [0.4, 0.5) is 0 Å². The first-order valence-corrected chi connectivity index (χ1v) is 9.40. The minimum absolute atomic E-state index is 0. The fourth-order valence-electron chi connectivity index (χ4n) is 0.406. The van der Waals surface area contributed by atoms with Crippen LogP contribution in [0, 0.1) is 0 Å². The fourth-order valence-corrected chi connectivity index (χ4v) is 2.11. The molecule has 0 amide bonds. The number of hydrogen-bond acceptors (Lipinski definition) is 1. The molecule has 0 unspecified atom stereocenters. The van der Waals surface area contributed by atoms with Crippen LogP contribution < -0.4 is 17.0 Å². The molecule has 0 spiro atoms. The molecule has 0 aromatic heterocycles. The molecule has 56 valence electrons. The Balaban J connectivity index is 0. The summed E-state index contributed by atoms with van der Waals surface area (Å²) in [6.45, 7) is 0. The Hall–Kier alpha value is 0.508. The smallest absolute Gasteiger partial charge is 1.00 e. The van der Waals surface area contributed by atoms with Crippen molar-refractivity contribution < 1.29 is 26.9 Å². The fraction of sp³-hybridized carbons (Fsp3) is 0.800. The van der Waals surface area contributed by atoms with Gasteiger partial charge >= 0.3 is 51.8 Å². The monoisotopic (exact) mass is 260 g/mol. The van der Waals surface area contributed by atoms with E-state index in [1.54, 1.807) is 0 Å². The van der Waals surface area contributed by atoms with Gasteiger partial charge in [0.15, 0.2) is 0 Å². The number of carboxylic acids is 1. The van der Waals surface area contributed by atoms with E-state index in [0.717, 1.165) is 0 Å². The number of carboxylic acid groups (broad SMARTS) is 1. The molecule has 0 atom stereocenters. The van der Waals surface area contributed by atoms with Crippen LogP contribution >= 0.6 is 0 Å². The van der Waals surface area contributed by atoms with E-state index in [4.69, 9.17) is 5.11 Å². The molecule has 0 saturated heterocycles.